The van der Waals surface area contributed by atoms with E-state index in [4.69, 9.17) is 4.74 Å². The van der Waals surface area contributed by atoms with Crippen molar-refractivity contribution < 1.29 is 9.53 Å². The molecule has 2 rings (SSSR count). The number of hydrogen-bond donors (Lipinski definition) is 1. The molecule has 0 saturated carbocycles. The summed E-state index contributed by atoms with van der Waals surface area (Å²) in [7, 11) is 0. The van der Waals surface area contributed by atoms with Gasteiger partial charge in [-0.05, 0) is 37.8 Å². The first-order valence-electron chi connectivity index (χ1n) is 6.34. The summed E-state index contributed by atoms with van der Waals surface area (Å²) in [6.07, 6.45) is 8.57. The van der Waals surface area contributed by atoms with Crippen LogP contribution in [-0.4, -0.2) is 17.5 Å². The highest BCUT2D eigenvalue weighted by Crippen LogP contribution is 2.23. The largest absolute Gasteiger partial charge is 0.476 e. The lowest BCUT2D eigenvalue weighted by Gasteiger charge is -2.11. The topological polar surface area (TPSA) is 51.2 Å². The zero-order valence-electron chi connectivity index (χ0n) is 10.6. The summed E-state index contributed by atoms with van der Waals surface area (Å²) in [6, 6.07) is 3.59. The van der Waals surface area contributed by atoms with E-state index in [9.17, 15) is 4.79 Å². The molecule has 1 heterocycles. The Morgan fingerprint density at radius 3 is 3.22 bits per heavy atom. The Hall–Kier alpha value is -1.84. The number of anilines is 1. The molecule has 1 aliphatic carbocycles. The van der Waals surface area contributed by atoms with Crippen LogP contribution in [0.5, 0.6) is 5.88 Å². The van der Waals surface area contributed by atoms with Crippen LogP contribution in [0.1, 0.15) is 26.2 Å². The molecule has 4 nitrogen and oxygen atoms in total. The molecule has 1 atom stereocenters. The zero-order valence-corrected chi connectivity index (χ0v) is 10.6. The third kappa shape index (κ3) is 3.32. The van der Waals surface area contributed by atoms with Gasteiger partial charge in [0, 0.05) is 12.6 Å². The number of nitrogens with zero attached hydrogens (tertiary/aromatic N) is 1. The van der Waals surface area contributed by atoms with Gasteiger partial charge in [0.1, 0.15) is 5.69 Å². The van der Waals surface area contributed by atoms with Crippen molar-refractivity contribution in [3.63, 3.8) is 0 Å². The number of aromatic nitrogens is 1. The van der Waals surface area contributed by atoms with Crippen molar-refractivity contribution >= 4 is 11.6 Å². The Labute approximate surface area is 107 Å². The number of carbonyl (C=O) groups is 1. The van der Waals surface area contributed by atoms with E-state index in [0.717, 1.165) is 12.8 Å². The van der Waals surface area contributed by atoms with E-state index in [2.05, 4.69) is 22.5 Å². The molecule has 0 fully saturated rings. The number of carbonyl (C=O) groups excluding carboxylic acids is 1. The maximum absolute atomic E-state index is 11.9. The molecule has 0 spiro atoms. The van der Waals surface area contributed by atoms with Gasteiger partial charge in [0.15, 0.2) is 0 Å². The predicted molar refractivity (Wildman–Crippen MR) is 70.5 cm³/mol. The first-order valence-corrected chi connectivity index (χ1v) is 6.34. The van der Waals surface area contributed by atoms with Crippen LogP contribution in [0.15, 0.2) is 30.5 Å². The Balaban J connectivity index is 1.95. The average Bonchev–Trinajstić information content (AvgIpc) is 2.84. The molecule has 0 aliphatic heterocycles. The number of amides is 1. The van der Waals surface area contributed by atoms with Crippen molar-refractivity contribution in [2.45, 2.75) is 26.2 Å². The Morgan fingerprint density at radius 1 is 1.61 bits per heavy atom. The normalized spacial score (nSPS) is 17.7. The highest BCUT2D eigenvalue weighted by atomic mass is 16.5. The summed E-state index contributed by atoms with van der Waals surface area (Å²) in [6.45, 7) is 2.43. The van der Waals surface area contributed by atoms with Crippen LogP contribution in [0.4, 0.5) is 5.69 Å². The van der Waals surface area contributed by atoms with Crippen LogP contribution in [0.25, 0.3) is 0 Å². The maximum atomic E-state index is 11.9. The van der Waals surface area contributed by atoms with Gasteiger partial charge in [-0.25, -0.2) is 4.98 Å². The molecule has 96 valence electrons. The predicted octanol–water partition coefficient (Wildman–Crippen LogP) is 2.78. The van der Waals surface area contributed by atoms with Gasteiger partial charge in [-0.2, -0.15) is 0 Å². The van der Waals surface area contributed by atoms with Crippen molar-refractivity contribution in [2.24, 2.45) is 5.92 Å². The van der Waals surface area contributed by atoms with E-state index in [1.54, 1.807) is 18.3 Å². The lowest BCUT2D eigenvalue weighted by Crippen LogP contribution is -2.15. The van der Waals surface area contributed by atoms with Crippen LogP contribution in [0.2, 0.25) is 0 Å². The number of rotatable bonds is 5. The van der Waals surface area contributed by atoms with E-state index in [-0.39, 0.29) is 5.91 Å². The Bertz CT molecular complexity index is 443. The second-order valence-corrected chi connectivity index (χ2v) is 4.31. The summed E-state index contributed by atoms with van der Waals surface area (Å²) in [4.78, 5) is 16.0. The summed E-state index contributed by atoms with van der Waals surface area (Å²) >= 11 is 0. The Kier molecular flexibility index (Phi) is 4.34. The van der Waals surface area contributed by atoms with E-state index in [0.29, 0.717) is 30.5 Å². The van der Waals surface area contributed by atoms with Gasteiger partial charge >= 0.3 is 0 Å². The molecular weight excluding hydrogens is 228 g/mol. The summed E-state index contributed by atoms with van der Waals surface area (Å²) < 4.78 is 5.37. The standard InChI is InChI=1S/C14H18N2O2/c1-2-18-14-12(8-5-9-15-14)16-13(17)10-11-6-3-4-7-11/h3,5-6,8-9,11H,2,4,7,10H2,1H3,(H,16,17)/t11-/m0/s1. The molecule has 18 heavy (non-hydrogen) atoms. The molecule has 4 heteroatoms. The molecule has 1 amide bonds. The monoisotopic (exact) mass is 246 g/mol. The lowest BCUT2D eigenvalue weighted by atomic mass is 10.1. The Morgan fingerprint density at radius 2 is 2.50 bits per heavy atom. The van der Waals surface area contributed by atoms with Gasteiger partial charge in [0.05, 0.1) is 6.61 Å². The molecular formula is C14H18N2O2. The first-order chi connectivity index (χ1) is 8.79. The number of nitrogens with one attached hydrogen (secondary N) is 1. The lowest BCUT2D eigenvalue weighted by molar-refractivity contribution is -0.116. The summed E-state index contributed by atoms with van der Waals surface area (Å²) in [5.41, 5.74) is 0.645. The minimum atomic E-state index is 0.0144. The molecule has 0 aromatic carbocycles. The molecule has 1 N–H and O–H groups in total. The third-order valence-corrected chi connectivity index (χ3v) is 2.89. The fourth-order valence-corrected chi connectivity index (χ4v) is 2.04. The number of hydrogen-bond acceptors (Lipinski definition) is 3. The smallest absolute Gasteiger partial charge is 0.237 e. The minimum absolute atomic E-state index is 0.0144. The third-order valence-electron chi connectivity index (χ3n) is 2.89. The fraction of sp³-hybridized carbons (Fsp3) is 0.429. The number of allylic oxidation sites excluding steroid dienone is 2. The molecule has 0 unspecified atom stereocenters. The SMILES string of the molecule is CCOc1ncccc1NC(=O)C[C@H]1C=CCC1. The van der Waals surface area contributed by atoms with Crippen LogP contribution >= 0.6 is 0 Å². The van der Waals surface area contributed by atoms with Crippen LogP contribution in [0.3, 0.4) is 0 Å². The molecule has 1 aromatic heterocycles. The van der Waals surface area contributed by atoms with Crippen molar-refractivity contribution in [3.05, 3.63) is 30.5 Å². The highest BCUT2D eigenvalue weighted by molar-refractivity contribution is 5.92. The van der Waals surface area contributed by atoms with Crippen LogP contribution < -0.4 is 10.1 Å². The highest BCUT2D eigenvalue weighted by Gasteiger charge is 2.15. The molecule has 0 radical (unpaired) electrons. The molecule has 0 bridgehead atoms. The van der Waals surface area contributed by atoms with Crippen molar-refractivity contribution in [2.75, 3.05) is 11.9 Å². The average molecular weight is 246 g/mol. The van der Waals surface area contributed by atoms with E-state index < -0.39 is 0 Å². The number of pyridine rings is 1. The second-order valence-electron chi connectivity index (χ2n) is 4.31. The van der Waals surface area contributed by atoms with Crippen molar-refractivity contribution in [1.82, 2.24) is 4.98 Å². The second kappa shape index (κ2) is 6.19. The van der Waals surface area contributed by atoms with Crippen LogP contribution in [0, 0.1) is 5.92 Å². The van der Waals surface area contributed by atoms with E-state index in [1.165, 1.54) is 0 Å². The summed E-state index contributed by atoms with van der Waals surface area (Å²) in [5.74, 6) is 0.869. The summed E-state index contributed by atoms with van der Waals surface area (Å²) in [5, 5.41) is 2.86. The van der Waals surface area contributed by atoms with Gasteiger partial charge in [-0.3, -0.25) is 4.79 Å². The number of ether oxygens (including phenoxy) is 1. The quantitative estimate of drug-likeness (QED) is 0.813. The molecule has 0 saturated heterocycles. The van der Waals surface area contributed by atoms with Crippen molar-refractivity contribution in [1.29, 1.82) is 0 Å². The van der Waals surface area contributed by atoms with E-state index >= 15 is 0 Å². The first kappa shape index (κ1) is 12.6. The molecule has 1 aliphatic rings. The fourth-order valence-electron chi connectivity index (χ4n) is 2.04. The minimum Gasteiger partial charge on any atom is -0.476 e. The van der Waals surface area contributed by atoms with Gasteiger partial charge in [0.2, 0.25) is 11.8 Å². The molecule has 1 aromatic rings. The van der Waals surface area contributed by atoms with E-state index in [1.807, 2.05) is 6.92 Å². The van der Waals surface area contributed by atoms with Gasteiger partial charge < -0.3 is 10.1 Å². The van der Waals surface area contributed by atoms with Gasteiger partial charge in [-0.1, -0.05) is 12.2 Å². The zero-order chi connectivity index (χ0) is 12.8. The van der Waals surface area contributed by atoms with Gasteiger partial charge in [-0.15, -0.1) is 0 Å². The maximum Gasteiger partial charge on any atom is 0.237 e. The van der Waals surface area contributed by atoms with Crippen LogP contribution in [-0.2, 0) is 4.79 Å². The van der Waals surface area contributed by atoms with Crippen molar-refractivity contribution in [3.8, 4) is 5.88 Å². The van der Waals surface area contributed by atoms with Gasteiger partial charge in [0.25, 0.3) is 0 Å².